The predicted molar refractivity (Wildman–Crippen MR) is 78.3 cm³/mol. The normalized spacial score (nSPS) is 11.4. The molecule has 22 heavy (non-hydrogen) atoms. The van der Waals surface area contributed by atoms with Gasteiger partial charge in [-0.2, -0.15) is 0 Å². The second-order valence-corrected chi connectivity index (χ2v) is 5.71. The summed E-state index contributed by atoms with van der Waals surface area (Å²) in [5.74, 6) is -3.62. The monoisotopic (exact) mass is 327 g/mol. The minimum absolute atomic E-state index is 0.130. The molecule has 0 atom stereocenters. The molecule has 0 radical (unpaired) electrons. The molecule has 2 aromatic carbocycles. The molecule has 2 rings (SSSR count). The minimum Gasteiger partial charge on any atom is -0.343 e. The molecule has 1 N–H and O–H groups in total. The van der Waals surface area contributed by atoms with Gasteiger partial charge in [0.15, 0.2) is 11.6 Å². The molecule has 2 aromatic rings. The van der Waals surface area contributed by atoms with Crippen molar-refractivity contribution in [1.29, 1.82) is 0 Å². The van der Waals surface area contributed by atoms with E-state index in [9.17, 15) is 18.0 Å². The van der Waals surface area contributed by atoms with Gasteiger partial charge in [0.1, 0.15) is 5.82 Å². The van der Waals surface area contributed by atoms with Gasteiger partial charge in [0.05, 0.1) is 11.1 Å². The molecule has 116 valence electrons. The average molecular weight is 328 g/mol. The molecule has 0 aliphatic heterocycles. The minimum atomic E-state index is -1.22. The largest absolute Gasteiger partial charge is 0.343 e. The highest BCUT2D eigenvalue weighted by molar-refractivity contribution is 6.31. The standard InChI is InChI=1S/C16H13ClF3NO/c1-16(2,11-7-6-9(18)8-12(11)17)21-15(22)10-4-3-5-13(19)14(10)20/h3-8H,1-2H3,(H,21,22). The van der Waals surface area contributed by atoms with Crippen LogP contribution >= 0.6 is 11.6 Å². The van der Waals surface area contributed by atoms with Crippen LogP contribution in [0.3, 0.4) is 0 Å². The maximum absolute atomic E-state index is 13.7. The van der Waals surface area contributed by atoms with Gasteiger partial charge in [0, 0.05) is 5.02 Å². The molecule has 0 fully saturated rings. The van der Waals surface area contributed by atoms with Crippen molar-refractivity contribution in [2.45, 2.75) is 19.4 Å². The van der Waals surface area contributed by atoms with Crippen molar-refractivity contribution in [2.24, 2.45) is 0 Å². The van der Waals surface area contributed by atoms with Crippen LogP contribution in [0.4, 0.5) is 13.2 Å². The van der Waals surface area contributed by atoms with Crippen LogP contribution in [0.25, 0.3) is 0 Å². The third-order valence-electron chi connectivity index (χ3n) is 3.23. The number of amides is 1. The van der Waals surface area contributed by atoms with Crippen molar-refractivity contribution in [3.8, 4) is 0 Å². The van der Waals surface area contributed by atoms with Gasteiger partial charge < -0.3 is 5.32 Å². The topological polar surface area (TPSA) is 29.1 Å². The summed E-state index contributed by atoms with van der Waals surface area (Å²) in [5.41, 5.74) is -0.951. The third kappa shape index (κ3) is 3.25. The molecule has 0 bridgehead atoms. The Hall–Kier alpha value is -2.01. The Morgan fingerprint density at radius 3 is 2.45 bits per heavy atom. The number of halogens is 4. The first-order valence-electron chi connectivity index (χ1n) is 6.44. The van der Waals surface area contributed by atoms with Gasteiger partial charge in [-0.15, -0.1) is 0 Å². The van der Waals surface area contributed by atoms with Crippen LogP contribution in [0.2, 0.25) is 5.02 Å². The first-order chi connectivity index (χ1) is 10.2. The Morgan fingerprint density at radius 1 is 1.14 bits per heavy atom. The summed E-state index contributed by atoms with van der Waals surface area (Å²) < 4.78 is 39.9. The van der Waals surface area contributed by atoms with Gasteiger partial charge in [-0.1, -0.05) is 23.7 Å². The summed E-state index contributed by atoms with van der Waals surface area (Å²) in [4.78, 5) is 12.1. The lowest BCUT2D eigenvalue weighted by atomic mass is 9.93. The van der Waals surface area contributed by atoms with Gasteiger partial charge in [0.25, 0.3) is 5.91 Å². The highest BCUT2D eigenvalue weighted by Gasteiger charge is 2.27. The molecule has 2 nitrogen and oxygen atoms in total. The fourth-order valence-corrected chi connectivity index (χ4v) is 2.50. The Bertz CT molecular complexity index is 731. The van der Waals surface area contributed by atoms with E-state index in [0.717, 1.165) is 12.1 Å². The van der Waals surface area contributed by atoms with Crippen LogP contribution in [0.1, 0.15) is 29.8 Å². The van der Waals surface area contributed by atoms with E-state index in [0.29, 0.717) is 5.56 Å². The van der Waals surface area contributed by atoms with Crippen LogP contribution in [0.15, 0.2) is 36.4 Å². The Kier molecular flexibility index (Phi) is 4.47. The molecule has 0 saturated heterocycles. The second-order valence-electron chi connectivity index (χ2n) is 5.30. The Morgan fingerprint density at radius 2 is 1.82 bits per heavy atom. The summed E-state index contributed by atoms with van der Waals surface area (Å²) >= 11 is 5.97. The number of hydrogen-bond donors (Lipinski definition) is 1. The Balaban J connectivity index is 2.31. The quantitative estimate of drug-likeness (QED) is 0.888. The van der Waals surface area contributed by atoms with E-state index in [4.69, 9.17) is 11.6 Å². The van der Waals surface area contributed by atoms with Crippen molar-refractivity contribution in [3.63, 3.8) is 0 Å². The van der Waals surface area contributed by atoms with Gasteiger partial charge in [-0.3, -0.25) is 4.79 Å². The molecule has 0 saturated carbocycles. The van der Waals surface area contributed by atoms with Crippen molar-refractivity contribution in [1.82, 2.24) is 5.32 Å². The zero-order valence-corrected chi connectivity index (χ0v) is 12.6. The molecule has 0 heterocycles. The van der Waals surface area contributed by atoms with E-state index >= 15 is 0 Å². The summed E-state index contributed by atoms with van der Waals surface area (Å²) in [6.45, 7) is 3.25. The number of nitrogens with one attached hydrogen (secondary N) is 1. The third-order valence-corrected chi connectivity index (χ3v) is 3.54. The first kappa shape index (κ1) is 16.4. The van der Waals surface area contributed by atoms with Gasteiger partial charge in [0.2, 0.25) is 0 Å². The molecule has 0 unspecified atom stereocenters. The molecular formula is C16H13ClF3NO. The highest BCUT2D eigenvalue weighted by atomic mass is 35.5. The van der Waals surface area contributed by atoms with E-state index in [1.807, 2.05) is 0 Å². The smallest absolute Gasteiger partial charge is 0.255 e. The number of hydrogen-bond acceptors (Lipinski definition) is 1. The zero-order valence-electron chi connectivity index (χ0n) is 11.9. The van der Waals surface area contributed by atoms with Crippen LogP contribution in [0, 0.1) is 17.5 Å². The summed E-state index contributed by atoms with van der Waals surface area (Å²) in [6, 6.07) is 7.10. The lowest BCUT2D eigenvalue weighted by molar-refractivity contribution is 0.0907. The van der Waals surface area contributed by atoms with Crippen molar-refractivity contribution >= 4 is 17.5 Å². The molecule has 1 amide bonds. The number of rotatable bonds is 3. The SMILES string of the molecule is CC(C)(NC(=O)c1cccc(F)c1F)c1ccc(F)cc1Cl. The van der Waals surface area contributed by atoms with Crippen molar-refractivity contribution in [3.05, 3.63) is 70.0 Å². The van der Waals surface area contributed by atoms with E-state index in [-0.39, 0.29) is 5.02 Å². The maximum Gasteiger partial charge on any atom is 0.255 e. The lowest BCUT2D eigenvalue weighted by Gasteiger charge is -2.28. The fourth-order valence-electron chi connectivity index (χ4n) is 2.09. The predicted octanol–water partition coefficient (Wildman–Crippen LogP) is 4.42. The first-order valence-corrected chi connectivity index (χ1v) is 6.82. The molecule has 6 heteroatoms. The van der Waals surface area contributed by atoms with Crippen molar-refractivity contribution in [2.75, 3.05) is 0 Å². The Labute approximate surface area is 130 Å². The fraction of sp³-hybridized carbons (Fsp3) is 0.188. The highest BCUT2D eigenvalue weighted by Crippen LogP contribution is 2.29. The summed E-state index contributed by atoms with van der Waals surface area (Å²) in [6.07, 6.45) is 0. The molecule has 0 aliphatic carbocycles. The van der Waals surface area contributed by atoms with Gasteiger partial charge in [-0.05, 0) is 43.7 Å². The van der Waals surface area contributed by atoms with Crippen LogP contribution < -0.4 is 5.32 Å². The molecule has 0 aliphatic rings. The van der Waals surface area contributed by atoms with Crippen molar-refractivity contribution < 1.29 is 18.0 Å². The van der Waals surface area contributed by atoms with E-state index in [2.05, 4.69) is 5.32 Å². The molecule has 0 aromatic heterocycles. The number of carbonyl (C=O) groups excluding carboxylic acids is 1. The summed E-state index contributed by atoms with van der Waals surface area (Å²) in [7, 11) is 0. The number of benzene rings is 2. The average Bonchev–Trinajstić information content (AvgIpc) is 2.40. The number of carbonyl (C=O) groups is 1. The van der Waals surface area contributed by atoms with Crippen LogP contribution in [-0.4, -0.2) is 5.91 Å². The van der Waals surface area contributed by atoms with Crippen LogP contribution in [-0.2, 0) is 5.54 Å². The summed E-state index contributed by atoms with van der Waals surface area (Å²) in [5, 5.41) is 2.69. The maximum atomic E-state index is 13.7. The van der Waals surface area contributed by atoms with Gasteiger partial charge in [-0.25, -0.2) is 13.2 Å². The van der Waals surface area contributed by atoms with E-state index in [1.54, 1.807) is 13.8 Å². The second kappa shape index (κ2) is 6.01. The molecular weight excluding hydrogens is 315 g/mol. The lowest BCUT2D eigenvalue weighted by Crippen LogP contribution is -2.41. The van der Waals surface area contributed by atoms with Crippen LogP contribution in [0.5, 0.6) is 0 Å². The molecule has 0 spiro atoms. The zero-order chi connectivity index (χ0) is 16.5. The van der Waals surface area contributed by atoms with E-state index < -0.39 is 34.5 Å². The van der Waals surface area contributed by atoms with E-state index in [1.165, 1.54) is 24.3 Å². The van der Waals surface area contributed by atoms with Gasteiger partial charge >= 0.3 is 0 Å².